The lowest BCUT2D eigenvalue weighted by molar-refractivity contribution is -0.248. The molecule has 6 atom stereocenters. The van der Waals surface area contributed by atoms with Crippen LogP contribution in [0.2, 0.25) is 0 Å². The molecule has 0 heterocycles. The van der Waals surface area contributed by atoms with Crippen molar-refractivity contribution in [1.29, 1.82) is 0 Å². The van der Waals surface area contributed by atoms with Crippen LogP contribution in [0.3, 0.4) is 0 Å². The van der Waals surface area contributed by atoms with E-state index in [2.05, 4.69) is 0 Å². The average Bonchev–Trinajstić information content (AvgIpc) is 2.21. The van der Waals surface area contributed by atoms with Crippen molar-refractivity contribution < 1.29 is 30.6 Å². The van der Waals surface area contributed by atoms with Crippen molar-refractivity contribution in [2.45, 2.75) is 36.1 Å². The predicted molar refractivity (Wildman–Crippen MR) is 51.3 cm³/mol. The number of aliphatic hydroxyl groups is 6. The van der Waals surface area contributed by atoms with Crippen molar-refractivity contribution in [2.24, 2.45) is 5.73 Å². The Bertz CT molecular complexity index is 202. The molecule has 0 aliphatic heterocycles. The molecule has 0 aromatic heterocycles. The lowest BCUT2D eigenvalue weighted by Gasteiger charge is -2.47. The molecule has 0 aromatic carbocycles. The lowest BCUT2D eigenvalue weighted by Crippen LogP contribution is -2.74. The zero-order valence-corrected chi connectivity index (χ0v) is 8.58. The van der Waals surface area contributed by atoms with Crippen LogP contribution in [0.25, 0.3) is 0 Å². The Hall–Kier alpha value is 0.01000. The third-order valence-electron chi connectivity index (χ3n) is 2.71. The van der Waals surface area contributed by atoms with Crippen LogP contribution in [0, 0.1) is 0 Å². The van der Waals surface area contributed by atoms with E-state index in [0.29, 0.717) is 0 Å². The summed E-state index contributed by atoms with van der Waals surface area (Å²) in [5, 5.41) is 55.5. The number of nitrogens with two attached hydrogens (primary N) is 1. The van der Waals surface area contributed by atoms with Gasteiger partial charge in [0.15, 0.2) is 0 Å². The molecular weight excluding hydrogens is 230 g/mol. The minimum atomic E-state index is -2.31. The van der Waals surface area contributed by atoms with Gasteiger partial charge in [0.1, 0.15) is 30.0 Å². The number of halogens is 1. The van der Waals surface area contributed by atoms with Crippen LogP contribution in [0.4, 0.5) is 0 Å². The Morgan fingerprint density at radius 2 is 1.47 bits per heavy atom. The van der Waals surface area contributed by atoms with E-state index in [1.807, 2.05) is 0 Å². The summed E-state index contributed by atoms with van der Waals surface area (Å²) >= 11 is 0. The van der Waals surface area contributed by atoms with Crippen molar-refractivity contribution in [2.75, 3.05) is 6.61 Å². The van der Waals surface area contributed by atoms with E-state index >= 15 is 0 Å². The molecule has 15 heavy (non-hydrogen) atoms. The van der Waals surface area contributed by atoms with E-state index in [9.17, 15) is 25.5 Å². The van der Waals surface area contributed by atoms with Crippen LogP contribution < -0.4 is 5.73 Å². The van der Waals surface area contributed by atoms with Gasteiger partial charge in [0.05, 0.1) is 12.6 Å². The van der Waals surface area contributed by atoms with Crippen LogP contribution >= 0.6 is 12.4 Å². The summed E-state index contributed by atoms with van der Waals surface area (Å²) in [7, 11) is 0. The van der Waals surface area contributed by atoms with Crippen molar-refractivity contribution in [3.63, 3.8) is 0 Å². The predicted octanol–water partition coefficient (Wildman–Crippen LogP) is -4.08. The maximum atomic E-state index is 9.57. The summed E-state index contributed by atoms with van der Waals surface area (Å²) in [4.78, 5) is 0. The second-order valence-electron chi connectivity index (χ2n) is 3.60. The van der Waals surface area contributed by atoms with Gasteiger partial charge in [0.2, 0.25) is 0 Å². The molecule has 0 spiro atoms. The molecule has 0 saturated heterocycles. The van der Waals surface area contributed by atoms with Crippen LogP contribution in [0.1, 0.15) is 0 Å². The molecule has 0 radical (unpaired) electrons. The second kappa shape index (κ2) is 4.89. The summed E-state index contributed by atoms with van der Waals surface area (Å²) in [6.45, 7) is -0.965. The standard InChI is InChI=1S/C7H15NO6.ClH/c8-2-3(10)4(11)6(13)7(14,1-9)5(2)12;/h2-6,9-14H,1,8H2;1H/t2-,3+,4+,5+,6+,7+;/m0./s1. The molecule has 1 aliphatic carbocycles. The van der Waals surface area contributed by atoms with Crippen molar-refractivity contribution in [1.82, 2.24) is 0 Å². The number of rotatable bonds is 1. The highest BCUT2D eigenvalue weighted by Crippen LogP contribution is 2.28. The maximum Gasteiger partial charge on any atom is 0.143 e. The van der Waals surface area contributed by atoms with Gasteiger partial charge in [-0.2, -0.15) is 0 Å². The molecular formula is C7H16ClNO6. The highest BCUT2D eigenvalue weighted by atomic mass is 35.5. The minimum absolute atomic E-state index is 0. The fraction of sp³-hybridized carbons (Fsp3) is 1.00. The zero-order valence-electron chi connectivity index (χ0n) is 7.76. The fourth-order valence-electron chi connectivity index (χ4n) is 1.59. The Kier molecular flexibility index (Phi) is 4.90. The van der Waals surface area contributed by atoms with E-state index in [1.165, 1.54) is 0 Å². The lowest BCUT2D eigenvalue weighted by atomic mass is 9.74. The number of hydrogen-bond donors (Lipinski definition) is 7. The number of hydrogen-bond acceptors (Lipinski definition) is 7. The van der Waals surface area contributed by atoms with Crippen LogP contribution in [0.5, 0.6) is 0 Å². The molecule has 8 N–H and O–H groups in total. The van der Waals surface area contributed by atoms with Gasteiger partial charge in [-0.15, -0.1) is 12.4 Å². The van der Waals surface area contributed by atoms with Crippen molar-refractivity contribution in [3.05, 3.63) is 0 Å². The molecule has 0 unspecified atom stereocenters. The Morgan fingerprint density at radius 1 is 1.00 bits per heavy atom. The first-order valence-electron chi connectivity index (χ1n) is 4.17. The van der Waals surface area contributed by atoms with E-state index < -0.39 is 42.7 Å². The molecule has 1 fully saturated rings. The zero-order chi connectivity index (χ0) is 11.1. The van der Waals surface area contributed by atoms with Crippen molar-refractivity contribution in [3.8, 4) is 0 Å². The fourth-order valence-corrected chi connectivity index (χ4v) is 1.59. The quantitative estimate of drug-likeness (QED) is 0.248. The molecule has 1 saturated carbocycles. The van der Waals surface area contributed by atoms with Gasteiger partial charge in [-0.25, -0.2) is 0 Å². The smallest absolute Gasteiger partial charge is 0.143 e. The van der Waals surface area contributed by atoms with Gasteiger partial charge in [-0.3, -0.25) is 0 Å². The van der Waals surface area contributed by atoms with E-state index in [-0.39, 0.29) is 12.4 Å². The molecule has 92 valence electrons. The monoisotopic (exact) mass is 245 g/mol. The van der Waals surface area contributed by atoms with Crippen molar-refractivity contribution >= 4 is 12.4 Å². The topological polar surface area (TPSA) is 147 Å². The third kappa shape index (κ3) is 2.10. The third-order valence-corrected chi connectivity index (χ3v) is 2.71. The van der Waals surface area contributed by atoms with E-state index in [4.69, 9.17) is 10.8 Å². The largest absolute Gasteiger partial charge is 0.393 e. The Labute approximate surface area is 92.2 Å². The summed E-state index contributed by atoms with van der Waals surface area (Å²) in [5.41, 5.74) is 2.98. The highest BCUT2D eigenvalue weighted by molar-refractivity contribution is 5.85. The normalized spacial score (nSPS) is 51.0. The molecule has 8 heteroatoms. The second-order valence-corrected chi connectivity index (χ2v) is 3.60. The van der Waals surface area contributed by atoms with Crippen LogP contribution in [0.15, 0.2) is 0 Å². The average molecular weight is 246 g/mol. The van der Waals surface area contributed by atoms with Gasteiger partial charge in [-0.1, -0.05) is 0 Å². The van der Waals surface area contributed by atoms with Gasteiger partial charge in [0, 0.05) is 0 Å². The molecule has 0 amide bonds. The first kappa shape index (κ1) is 15.0. The maximum absolute atomic E-state index is 9.57. The van der Waals surface area contributed by atoms with Gasteiger partial charge in [-0.05, 0) is 0 Å². The van der Waals surface area contributed by atoms with Crippen LogP contribution in [-0.2, 0) is 0 Å². The first-order valence-corrected chi connectivity index (χ1v) is 4.17. The summed E-state index contributed by atoms with van der Waals surface area (Å²) < 4.78 is 0. The first-order chi connectivity index (χ1) is 6.36. The Morgan fingerprint density at radius 3 is 1.87 bits per heavy atom. The van der Waals surface area contributed by atoms with Gasteiger partial charge in [0.25, 0.3) is 0 Å². The summed E-state index contributed by atoms with van der Waals surface area (Å²) in [6, 6.07) is -1.33. The highest BCUT2D eigenvalue weighted by Gasteiger charge is 2.56. The minimum Gasteiger partial charge on any atom is -0.393 e. The molecule has 1 rings (SSSR count). The Balaban J connectivity index is 0.00000196. The number of aliphatic hydroxyl groups excluding tert-OH is 5. The van der Waals surface area contributed by atoms with E-state index in [1.54, 1.807) is 0 Å². The summed E-state index contributed by atoms with van der Waals surface area (Å²) in [5.74, 6) is 0. The van der Waals surface area contributed by atoms with Gasteiger partial charge >= 0.3 is 0 Å². The molecule has 7 nitrogen and oxygen atoms in total. The van der Waals surface area contributed by atoms with Gasteiger partial charge < -0.3 is 36.4 Å². The SMILES string of the molecule is Cl.N[C@H]1[C@@H](O)[C@@H](O)[C@@H](O)[C@@](O)(CO)[C@@H]1O. The molecule has 1 aliphatic rings. The molecule has 0 aromatic rings. The molecule has 0 bridgehead atoms. The van der Waals surface area contributed by atoms with Crippen LogP contribution in [-0.4, -0.2) is 73.3 Å². The van der Waals surface area contributed by atoms with E-state index in [0.717, 1.165) is 0 Å². The summed E-state index contributed by atoms with van der Waals surface area (Å²) in [6.07, 6.45) is -6.81.